The number of aryl methyl sites for hydroxylation is 2. The van der Waals surface area contributed by atoms with Crippen LogP contribution in [0.3, 0.4) is 0 Å². The Morgan fingerprint density at radius 1 is 1.37 bits per heavy atom. The molecule has 0 saturated carbocycles. The van der Waals surface area contributed by atoms with E-state index in [1.165, 1.54) is 0 Å². The molecule has 5 nitrogen and oxygen atoms in total. The zero-order chi connectivity index (χ0) is 14.0. The molecule has 0 unspecified atom stereocenters. The van der Waals surface area contributed by atoms with E-state index in [1.807, 2.05) is 32.0 Å². The summed E-state index contributed by atoms with van der Waals surface area (Å²) in [6.45, 7) is 3.88. The molecule has 0 aliphatic carbocycles. The summed E-state index contributed by atoms with van der Waals surface area (Å²) in [6, 6.07) is 5.70. The molecule has 2 rings (SSSR count). The van der Waals surface area contributed by atoms with Crippen molar-refractivity contribution in [2.45, 2.75) is 25.5 Å². The summed E-state index contributed by atoms with van der Waals surface area (Å²) >= 11 is 0.859. The SMILES string of the molecule is Cc1ccc(NC(=O)C[C@H]2SC(=O)NC2=O)c(C)c1. The number of carbonyl (C=O) groups is 3. The van der Waals surface area contributed by atoms with Crippen molar-refractivity contribution in [2.24, 2.45) is 0 Å². The minimum atomic E-state index is -0.627. The third-order valence-electron chi connectivity index (χ3n) is 2.79. The maximum atomic E-state index is 11.8. The van der Waals surface area contributed by atoms with Crippen LogP contribution >= 0.6 is 11.8 Å². The maximum absolute atomic E-state index is 11.8. The first-order valence-corrected chi connectivity index (χ1v) is 6.72. The normalized spacial score (nSPS) is 18.3. The number of hydrogen-bond acceptors (Lipinski definition) is 4. The van der Waals surface area contributed by atoms with Gasteiger partial charge in [-0.3, -0.25) is 19.7 Å². The van der Waals surface area contributed by atoms with Crippen molar-refractivity contribution < 1.29 is 14.4 Å². The first-order valence-electron chi connectivity index (χ1n) is 5.84. The van der Waals surface area contributed by atoms with E-state index in [0.29, 0.717) is 0 Å². The van der Waals surface area contributed by atoms with Crippen LogP contribution in [0.25, 0.3) is 0 Å². The Bertz CT molecular complexity index is 557. The number of rotatable bonds is 3. The highest BCUT2D eigenvalue weighted by molar-refractivity contribution is 8.15. The van der Waals surface area contributed by atoms with Crippen molar-refractivity contribution in [1.82, 2.24) is 5.32 Å². The van der Waals surface area contributed by atoms with E-state index in [0.717, 1.165) is 28.6 Å². The lowest BCUT2D eigenvalue weighted by Crippen LogP contribution is -2.27. The second-order valence-electron chi connectivity index (χ2n) is 4.45. The van der Waals surface area contributed by atoms with Gasteiger partial charge in [0.1, 0.15) is 5.25 Å². The number of amides is 3. The molecule has 1 saturated heterocycles. The largest absolute Gasteiger partial charge is 0.326 e. The van der Waals surface area contributed by atoms with Gasteiger partial charge < -0.3 is 5.32 Å². The van der Waals surface area contributed by atoms with Crippen molar-refractivity contribution in [3.05, 3.63) is 29.3 Å². The fraction of sp³-hybridized carbons (Fsp3) is 0.308. The van der Waals surface area contributed by atoms with Gasteiger partial charge in [0.2, 0.25) is 11.8 Å². The molecule has 0 aromatic heterocycles. The Labute approximate surface area is 115 Å². The molecule has 1 aromatic carbocycles. The fourth-order valence-electron chi connectivity index (χ4n) is 1.85. The smallest absolute Gasteiger partial charge is 0.286 e. The van der Waals surface area contributed by atoms with Crippen LogP contribution in [-0.4, -0.2) is 22.3 Å². The number of anilines is 1. The molecule has 19 heavy (non-hydrogen) atoms. The van der Waals surface area contributed by atoms with Crippen LogP contribution in [0.15, 0.2) is 18.2 Å². The van der Waals surface area contributed by atoms with Crippen LogP contribution in [0, 0.1) is 13.8 Å². The molecular weight excluding hydrogens is 264 g/mol. The quantitative estimate of drug-likeness (QED) is 0.886. The Balaban J connectivity index is 1.98. The zero-order valence-electron chi connectivity index (χ0n) is 10.6. The van der Waals surface area contributed by atoms with E-state index < -0.39 is 16.4 Å². The summed E-state index contributed by atoms with van der Waals surface area (Å²) in [6.07, 6.45) is -0.00441. The summed E-state index contributed by atoms with van der Waals surface area (Å²) in [4.78, 5) is 34.2. The van der Waals surface area contributed by atoms with Gasteiger partial charge in [0, 0.05) is 12.1 Å². The van der Waals surface area contributed by atoms with Gasteiger partial charge in [0.15, 0.2) is 0 Å². The van der Waals surface area contributed by atoms with E-state index in [2.05, 4.69) is 10.6 Å². The van der Waals surface area contributed by atoms with Crippen molar-refractivity contribution in [2.75, 3.05) is 5.32 Å². The third kappa shape index (κ3) is 3.35. The first-order chi connectivity index (χ1) is 8.95. The lowest BCUT2D eigenvalue weighted by Gasteiger charge is -2.10. The maximum Gasteiger partial charge on any atom is 0.286 e. The predicted molar refractivity (Wildman–Crippen MR) is 74.1 cm³/mol. The first kappa shape index (κ1) is 13.6. The minimum absolute atomic E-state index is 0.00441. The van der Waals surface area contributed by atoms with Gasteiger partial charge in [-0.2, -0.15) is 0 Å². The van der Waals surface area contributed by atoms with Crippen LogP contribution in [0.2, 0.25) is 0 Å². The topological polar surface area (TPSA) is 75.3 Å². The van der Waals surface area contributed by atoms with Crippen molar-refractivity contribution >= 4 is 34.5 Å². The monoisotopic (exact) mass is 278 g/mol. The Morgan fingerprint density at radius 3 is 2.68 bits per heavy atom. The Morgan fingerprint density at radius 2 is 2.11 bits per heavy atom. The molecule has 1 atom stereocenters. The van der Waals surface area contributed by atoms with Crippen molar-refractivity contribution in [3.8, 4) is 0 Å². The number of nitrogens with one attached hydrogen (secondary N) is 2. The lowest BCUT2D eigenvalue weighted by atomic mass is 10.1. The highest BCUT2D eigenvalue weighted by atomic mass is 32.2. The van der Waals surface area contributed by atoms with Gasteiger partial charge in [-0.05, 0) is 25.5 Å². The molecule has 3 amide bonds. The van der Waals surface area contributed by atoms with Crippen molar-refractivity contribution in [3.63, 3.8) is 0 Å². The van der Waals surface area contributed by atoms with Crippen LogP contribution in [-0.2, 0) is 9.59 Å². The standard InChI is InChI=1S/C13H14N2O3S/c1-7-3-4-9(8(2)5-7)14-11(16)6-10-12(17)15-13(18)19-10/h3-5,10H,6H2,1-2H3,(H,14,16)(H,15,17,18)/t10-/m1/s1. The molecule has 1 heterocycles. The van der Waals surface area contributed by atoms with E-state index in [-0.39, 0.29) is 12.3 Å². The Kier molecular flexibility index (Phi) is 3.90. The number of imide groups is 1. The highest BCUT2D eigenvalue weighted by Gasteiger charge is 2.33. The van der Waals surface area contributed by atoms with E-state index in [9.17, 15) is 14.4 Å². The number of thioether (sulfide) groups is 1. The Hall–Kier alpha value is -1.82. The molecule has 1 aliphatic heterocycles. The molecular formula is C13H14N2O3S. The summed E-state index contributed by atoms with van der Waals surface area (Å²) < 4.78 is 0. The summed E-state index contributed by atoms with van der Waals surface area (Å²) in [7, 11) is 0. The average molecular weight is 278 g/mol. The van der Waals surface area contributed by atoms with Gasteiger partial charge in [0.25, 0.3) is 5.24 Å². The highest BCUT2D eigenvalue weighted by Crippen LogP contribution is 2.23. The number of hydrogen-bond donors (Lipinski definition) is 2. The van der Waals surface area contributed by atoms with Crippen LogP contribution in [0.4, 0.5) is 10.5 Å². The molecule has 1 aromatic rings. The van der Waals surface area contributed by atoms with Crippen LogP contribution < -0.4 is 10.6 Å². The second-order valence-corrected chi connectivity index (χ2v) is 5.63. The predicted octanol–water partition coefficient (Wildman–Crippen LogP) is 1.98. The van der Waals surface area contributed by atoms with Crippen molar-refractivity contribution in [1.29, 1.82) is 0 Å². The van der Waals surface area contributed by atoms with Crippen LogP contribution in [0.5, 0.6) is 0 Å². The molecule has 1 fully saturated rings. The molecule has 100 valence electrons. The molecule has 1 aliphatic rings. The number of benzene rings is 1. The van der Waals surface area contributed by atoms with E-state index >= 15 is 0 Å². The van der Waals surface area contributed by atoms with Gasteiger partial charge in [0.05, 0.1) is 0 Å². The van der Waals surface area contributed by atoms with Gasteiger partial charge in [-0.25, -0.2) is 0 Å². The molecule has 0 bridgehead atoms. The lowest BCUT2D eigenvalue weighted by molar-refractivity contribution is -0.122. The van der Waals surface area contributed by atoms with E-state index in [1.54, 1.807) is 0 Å². The molecule has 6 heteroatoms. The molecule has 0 radical (unpaired) electrons. The summed E-state index contributed by atoms with van der Waals surface area (Å²) in [5.41, 5.74) is 2.81. The average Bonchev–Trinajstić information content (AvgIpc) is 2.61. The second kappa shape index (κ2) is 5.44. The molecule has 0 spiro atoms. The fourth-order valence-corrected chi connectivity index (χ4v) is 2.67. The van der Waals surface area contributed by atoms with Crippen LogP contribution in [0.1, 0.15) is 17.5 Å². The minimum Gasteiger partial charge on any atom is -0.326 e. The van der Waals surface area contributed by atoms with E-state index in [4.69, 9.17) is 0 Å². The van der Waals surface area contributed by atoms with Gasteiger partial charge >= 0.3 is 0 Å². The molecule has 2 N–H and O–H groups in total. The number of carbonyl (C=O) groups excluding carboxylic acids is 3. The van der Waals surface area contributed by atoms with Gasteiger partial charge in [-0.1, -0.05) is 29.5 Å². The van der Waals surface area contributed by atoms with Gasteiger partial charge in [-0.15, -0.1) is 0 Å². The summed E-state index contributed by atoms with van der Waals surface area (Å²) in [5.74, 6) is -0.667. The zero-order valence-corrected chi connectivity index (χ0v) is 11.5. The summed E-state index contributed by atoms with van der Waals surface area (Å²) in [5, 5.41) is 3.90. The third-order valence-corrected chi connectivity index (χ3v) is 3.78.